The molecule has 0 spiro atoms. The molecule has 0 saturated heterocycles. The molecule has 1 aliphatic rings. The number of hydrogen-bond donors (Lipinski definition) is 1. The maximum Gasteiger partial charge on any atom is 0.277 e. The van der Waals surface area contributed by atoms with Gasteiger partial charge >= 0.3 is 0 Å². The Kier molecular flexibility index (Phi) is 7.35. The lowest BCUT2D eigenvalue weighted by Gasteiger charge is -2.25. The van der Waals surface area contributed by atoms with Crippen LogP contribution in [0.15, 0.2) is 46.3 Å². The molecule has 7 nitrogen and oxygen atoms in total. The fourth-order valence-corrected chi connectivity index (χ4v) is 4.38. The Labute approximate surface area is 220 Å². The summed E-state index contributed by atoms with van der Waals surface area (Å²) in [5.41, 5.74) is 3.81. The quantitative estimate of drug-likeness (QED) is 0.482. The number of halogens is 2. The first-order valence-corrected chi connectivity index (χ1v) is 12.4. The topological polar surface area (TPSA) is 89.6 Å². The highest BCUT2D eigenvalue weighted by Crippen LogP contribution is 2.29. The number of dihydropyridines is 1. The summed E-state index contributed by atoms with van der Waals surface area (Å²) in [6.07, 6.45) is 2.98. The largest absolute Gasteiger partial charge is 0.485 e. The second kappa shape index (κ2) is 10.2. The number of pyridine rings is 3. The van der Waals surface area contributed by atoms with Gasteiger partial charge in [0.15, 0.2) is 0 Å². The zero-order valence-corrected chi connectivity index (χ0v) is 22.5. The van der Waals surface area contributed by atoms with Gasteiger partial charge in [-0.1, -0.05) is 24.6 Å². The van der Waals surface area contributed by atoms with Gasteiger partial charge in [0.2, 0.25) is 0 Å². The highest BCUT2D eigenvalue weighted by atomic mass is 35.5. The lowest BCUT2D eigenvalue weighted by Crippen LogP contribution is -2.29. The number of ether oxygens (including phenoxy) is 1. The minimum atomic E-state index is -1.10. The number of allylic oxidation sites excluding steroid dienone is 1. The summed E-state index contributed by atoms with van der Waals surface area (Å²) in [7, 11) is 0. The van der Waals surface area contributed by atoms with Crippen molar-refractivity contribution in [2.24, 2.45) is 10.9 Å². The molecule has 4 rings (SSSR count). The zero-order chi connectivity index (χ0) is 27.1. The van der Waals surface area contributed by atoms with Crippen LogP contribution in [-0.2, 0) is 12.2 Å². The van der Waals surface area contributed by atoms with Crippen LogP contribution >= 0.6 is 11.6 Å². The molecule has 4 heterocycles. The summed E-state index contributed by atoms with van der Waals surface area (Å²) in [4.78, 5) is 26.9. The number of aryl methyl sites for hydroxylation is 3. The van der Waals surface area contributed by atoms with E-state index in [1.54, 1.807) is 37.5 Å². The molecule has 0 amide bonds. The summed E-state index contributed by atoms with van der Waals surface area (Å²) in [6.45, 7) is 11.4. The maximum absolute atomic E-state index is 13.4. The van der Waals surface area contributed by atoms with Crippen molar-refractivity contribution in [1.29, 1.82) is 0 Å². The third-order valence-electron chi connectivity index (χ3n) is 6.37. The van der Waals surface area contributed by atoms with E-state index in [0.717, 1.165) is 17.5 Å². The molecule has 0 saturated carbocycles. The van der Waals surface area contributed by atoms with E-state index in [4.69, 9.17) is 21.3 Å². The lowest BCUT2D eigenvalue weighted by molar-refractivity contribution is 0.0738. The van der Waals surface area contributed by atoms with E-state index >= 15 is 0 Å². The van der Waals surface area contributed by atoms with Crippen molar-refractivity contribution in [3.05, 3.63) is 91.6 Å². The first-order chi connectivity index (χ1) is 17.4. The number of aliphatic imine (C=N–C) groups is 1. The van der Waals surface area contributed by atoms with Gasteiger partial charge in [-0.25, -0.2) is 9.37 Å². The zero-order valence-electron chi connectivity index (χ0n) is 21.8. The molecule has 0 unspecified atom stereocenters. The molecule has 3 aromatic heterocycles. The number of hydrogen-bond acceptors (Lipinski definition) is 6. The summed E-state index contributed by atoms with van der Waals surface area (Å²) >= 11 is 6.48. The molecule has 37 heavy (non-hydrogen) atoms. The predicted octanol–water partition coefficient (Wildman–Crippen LogP) is 5.14. The molecular weight excluding hydrogens is 495 g/mol. The van der Waals surface area contributed by atoms with Gasteiger partial charge in [0.1, 0.15) is 28.8 Å². The second-order valence-corrected chi connectivity index (χ2v) is 10.3. The van der Waals surface area contributed by atoms with E-state index in [9.17, 15) is 14.3 Å². The number of nitrogens with zero attached hydrogens (tertiary/aromatic N) is 4. The maximum atomic E-state index is 13.4. The van der Waals surface area contributed by atoms with Crippen molar-refractivity contribution in [1.82, 2.24) is 14.5 Å². The normalized spacial score (nSPS) is 15.9. The fraction of sp³-hybridized carbons (Fsp3) is 0.357. The highest BCUT2D eigenvalue weighted by molar-refractivity contribution is 6.31. The van der Waals surface area contributed by atoms with Gasteiger partial charge in [-0.05, 0) is 64.0 Å². The monoisotopic (exact) mass is 524 g/mol. The van der Waals surface area contributed by atoms with Crippen molar-refractivity contribution in [3.63, 3.8) is 0 Å². The smallest absolute Gasteiger partial charge is 0.277 e. The summed E-state index contributed by atoms with van der Waals surface area (Å²) in [6, 6.07) is 6.79. The van der Waals surface area contributed by atoms with E-state index < -0.39 is 17.0 Å². The van der Waals surface area contributed by atoms with Crippen LogP contribution in [0.4, 0.5) is 4.39 Å². The number of aliphatic hydroxyl groups is 1. The SMILES string of the molecule is Cc1cc(F)cnc1COc1cc(C)n(C2=CC(c3nc(C(C)(C)O)ccc3C)=NC[C@H]2C)c(=O)c1Cl. The van der Waals surface area contributed by atoms with E-state index in [1.807, 2.05) is 32.9 Å². The average Bonchev–Trinajstić information content (AvgIpc) is 2.82. The average molecular weight is 525 g/mol. The van der Waals surface area contributed by atoms with Crippen LogP contribution in [0, 0.1) is 32.5 Å². The Bertz CT molecular complexity index is 1490. The third-order valence-corrected chi connectivity index (χ3v) is 6.72. The number of rotatable bonds is 6. The van der Waals surface area contributed by atoms with Crippen molar-refractivity contribution < 1.29 is 14.2 Å². The van der Waals surface area contributed by atoms with Gasteiger partial charge in [0.25, 0.3) is 5.56 Å². The molecule has 194 valence electrons. The van der Waals surface area contributed by atoms with E-state index in [-0.39, 0.29) is 23.3 Å². The van der Waals surface area contributed by atoms with Crippen LogP contribution in [0.1, 0.15) is 54.7 Å². The Morgan fingerprint density at radius 1 is 1.22 bits per heavy atom. The summed E-state index contributed by atoms with van der Waals surface area (Å²) in [5, 5.41) is 10.4. The van der Waals surface area contributed by atoms with Gasteiger partial charge < -0.3 is 9.84 Å². The Hall–Kier alpha value is -3.36. The predicted molar refractivity (Wildman–Crippen MR) is 143 cm³/mol. The summed E-state index contributed by atoms with van der Waals surface area (Å²) in [5.74, 6) is -0.237. The third kappa shape index (κ3) is 5.50. The molecule has 1 N–H and O–H groups in total. The van der Waals surface area contributed by atoms with Crippen LogP contribution < -0.4 is 10.3 Å². The van der Waals surface area contributed by atoms with Crippen LogP contribution in [0.25, 0.3) is 5.70 Å². The Balaban J connectivity index is 1.70. The van der Waals surface area contributed by atoms with Crippen LogP contribution in [0.2, 0.25) is 5.02 Å². The van der Waals surface area contributed by atoms with Gasteiger partial charge in [-0.3, -0.25) is 19.3 Å². The molecule has 0 aromatic carbocycles. The van der Waals surface area contributed by atoms with Crippen molar-refractivity contribution in [2.45, 2.75) is 53.8 Å². The molecule has 0 radical (unpaired) electrons. The fourth-order valence-electron chi connectivity index (χ4n) is 4.19. The first-order valence-electron chi connectivity index (χ1n) is 12.0. The van der Waals surface area contributed by atoms with E-state index in [0.29, 0.717) is 40.6 Å². The Morgan fingerprint density at radius 2 is 1.95 bits per heavy atom. The van der Waals surface area contributed by atoms with Crippen molar-refractivity contribution in [3.8, 4) is 5.75 Å². The van der Waals surface area contributed by atoms with Crippen molar-refractivity contribution >= 4 is 23.0 Å². The highest BCUT2D eigenvalue weighted by Gasteiger charge is 2.25. The molecule has 1 aliphatic heterocycles. The second-order valence-electron chi connectivity index (χ2n) is 9.93. The molecule has 9 heteroatoms. The van der Waals surface area contributed by atoms with Gasteiger partial charge in [0.05, 0.1) is 29.0 Å². The standard InChI is InChI=1S/C28H30ClFN4O3/c1-15-7-8-24(28(5,6)36)33-26(15)20-11-22(17(3)12-31-20)34-18(4)10-23(25(29)27(34)35)37-14-21-16(2)9-19(30)13-32-21/h7-11,13,17,36H,12,14H2,1-6H3/t17-/m1/s1. The Morgan fingerprint density at radius 3 is 2.62 bits per heavy atom. The minimum Gasteiger partial charge on any atom is -0.485 e. The molecule has 0 bridgehead atoms. The molecule has 3 aromatic rings. The van der Waals surface area contributed by atoms with E-state index in [1.165, 1.54) is 6.07 Å². The van der Waals surface area contributed by atoms with Gasteiger partial charge in [-0.15, -0.1) is 0 Å². The summed E-state index contributed by atoms with van der Waals surface area (Å²) < 4.78 is 20.8. The van der Waals surface area contributed by atoms with Crippen LogP contribution in [-0.4, -0.2) is 31.9 Å². The lowest BCUT2D eigenvalue weighted by atomic mass is 9.98. The van der Waals surface area contributed by atoms with Gasteiger partial charge in [0, 0.05) is 29.9 Å². The molecule has 0 aliphatic carbocycles. The van der Waals surface area contributed by atoms with Gasteiger partial charge in [-0.2, -0.15) is 0 Å². The molecule has 1 atom stereocenters. The molecule has 0 fully saturated rings. The first kappa shape index (κ1) is 26.7. The van der Waals surface area contributed by atoms with E-state index in [2.05, 4.69) is 9.97 Å². The number of aromatic nitrogens is 3. The molecular formula is C28H30ClFN4O3. The minimum absolute atomic E-state index is 0.0487. The van der Waals surface area contributed by atoms with Crippen molar-refractivity contribution in [2.75, 3.05) is 6.54 Å². The van der Waals surface area contributed by atoms with Crippen LogP contribution in [0.5, 0.6) is 5.75 Å². The van der Waals surface area contributed by atoms with Crippen LogP contribution in [0.3, 0.4) is 0 Å².